The van der Waals surface area contributed by atoms with Gasteiger partial charge in [0.2, 0.25) is 5.91 Å². The zero-order valence-corrected chi connectivity index (χ0v) is 7.98. The van der Waals surface area contributed by atoms with Crippen LogP contribution >= 0.6 is 0 Å². The van der Waals surface area contributed by atoms with Crippen molar-refractivity contribution in [2.75, 3.05) is 0 Å². The van der Waals surface area contributed by atoms with Gasteiger partial charge in [0, 0.05) is 5.92 Å². The summed E-state index contributed by atoms with van der Waals surface area (Å²) in [6.07, 6.45) is 1.98. The van der Waals surface area contributed by atoms with Gasteiger partial charge in [0.05, 0.1) is 0 Å². The van der Waals surface area contributed by atoms with Gasteiger partial charge in [0.15, 0.2) is 0 Å². The van der Waals surface area contributed by atoms with Crippen molar-refractivity contribution in [3.05, 3.63) is 0 Å². The maximum absolute atomic E-state index is 10.7. The molecule has 0 aromatic carbocycles. The van der Waals surface area contributed by atoms with Crippen LogP contribution in [0.15, 0.2) is 0 Å². The van der Waals surface area contributed by atoms with E-state index in [1.54, 1.807) is 0 Å². The van der Waals surface area contributed by atoms with Crippen LogP contribution in [-0.4, -0.2) is 5.91 Å². The Hall–Kier alpha value is -0.530. The number of primary amides is 1. The molecular formula is C9H19NO. The highest BCUT2D eigenvalue weighted by Crippen LogP contribution is 2.28. The Kier molecular flexibility index (Phi) is 3.56. The number of rotatable bonds is 4. The Morgan fingerprint density at radius 2 is 2.00 bits per heavy atom. The highest BCUT2D eigenvalue weighted by molar-refractivity contribution is 5.76. The van der Waals surface area contributed by atoms with Crippen molar-refractivity contribution in [2.24, 2.45) is 17.1 Å². The lowest BCUT2D eigenvalue weighted by atomic mass is 9.81. The molecule has 0 saturated heterocycles. The summed E-state index contributed by atoms with van der Waals surface area (Å²) >= 11 is 0. The molecule has 0 radical (unpaired) electrons. The van der Waals surface area contributed by atoms with Gasteiger partial charge in [-0.2, -0.15) is 0 Å². The topological polar surface area (TPSA) is 43.1 Å². The van der Waals surface area contributed by atoms with Crippen molar-refractivity contribution in [2.45, 2.75) is 40.5 Å². The van der Waals surface area contributed by atoms with Gasteiger partial charge in [-0.05, 0) is 11.8 Å². The molecule has 0 aliphatic carbocycles. The molecule has 0 saturated carbocycles. The van der Waals surface area contributed by atoms with Gasteiger partial charge in [-0.1, -0.05) is 34.1 Å². The predicted molar refractivity (Wildman–Crippen MR) is 47.0 cm³/mol. The molecule has 0 heterocycles. The average molecular weight is 157 g/mol. The van der Waals surface area contributed by atoms with E-state index in [-0.39, 0.29) is 17.2 Å². The molecule has 0 fully saturated rings. The molecule has 66 valence electrons. The molecule has 0 aromatic heterocycles. The largest absolute Gasteiger partial charge is 0.369 e. The van der Waals surface area contributed by atoms with Gasteiger partial charge >= 0.3 is 0 Å². The van der Waals surface area contributed by atoms with Crippen LogP contribution in [0.2, 0.25) is 0 Å². The molecule has 0 aliphatic rings. The first-order chi connectivity index (χ1) is 4.89. The summed E-state index contributed by atoms with van der Waals surface area (Å²) in [4.78, 5) is 10.7. The number of amides is 1. The quantitative estimate of drug-likeness (QED) is 0.665. The van der Waals surface area contributed by atoms with Crippen LogP contribution in [0.1, 0.15) is 40.5 Å². The first kappa shape index (κ1) is 10.5. The maximum Gasteiger partial charge on any atom is 0.220 e. The SMILES string of the molecule is CCC(C)(C)C[C@H](C)C(N)=O. The number of carbonyl (C=O) groups is 1. The molecule has 0 spiro atoms. The smallest absolute Gasteiger partial charge is 0.220 e. The zero-order valence-electron chi connectivity index (χ0n) is 7.98. The summed E-state index contributed by atoms with van der Waals surface area (Å²) in [7, 11) is 0. The summed E-state index contributed by atoms with van der Waals surface area (Å²) in [5.41, 5.74) is 5.40. The second-order valence-corrected chi connectivity index (χ2v) is 4.03. The Bertz CT molecular complexity index is 140. The standard InChI is InChI=1S/C9H19NO/c1-5-9(3,4)6-7(2)8(10)11/h7H,5-6H2,1-4H3,(H2,10,11)/t7-/m0/s1. The van der Waals surface area contributed by atoms with Crippen molar-refractivity contribution in [1.82, 2.24) is 0 Å². The normalized spacial score (nSPS) is 14.5. The van der Waals surface area contributed by atoms with E-state index < -0.39 is 0 Å². The maximum atomic E-state index is 10.7. The van der Waals surface area contributed by atoms with E-state index >= 15 is 0 Å². The highest BCUT2D eigenvalue weighted by atomic mass is 16.1. The van der Waals surface area contributed by atoms with E-state index in [2.05, 4.69) is 20.8 Å². The monoisotopic (exact) mass is 157 g/mol. The lowest BCUT2D eigenvalue weighted by molar-refractivity contribution is -0.122. The van der Waals surface area contributed by atoms with E-state index in [9.17, 15) is 4.79 Å². The highest BCUT2D eigenvalue weighted by Gasteiger charge is 2.21. The van der Waals surface area contributed by atoms with E-state index in [1.807, 2.05) is 6.92 Å². The Labute approximate surface area is 69.2 Å². The van der Waals surface area contributed by atoms with Crippen LogP contribution in [0.5, 0.6) is 0 Å². The molecule has 0 aromatic rings. The van der Waals surface area contributed by atoms with Gasteiger partial charge < -0.3 is 5.73 Å². The van der Waals surface area contributed by atoms with Crippen LogP contribution in [-0.2, 0) is 4.79 Å². The van der Waals surface area contributed by atoms with Crippen molar-refractivity contribution < 1.29 is 4.79 Å². The molecule has 1 amide bonds. The summed E-state index contributed by atoms with van der Waals surface area (Å²) in [6, 6.07) is 0. The summed E-state index contributed by atoms with van der Waals surface area (Å²) in [5.74, 6) is -0.184. The first-order valence-electron chi connectivity index (χ1n) is 4.18. The van der Waals surface area contributed by atoms with Gasteiger partial charge in [-0.15, -0.1) is 0 Å². The van der Waals surface area contributed by atoms with Crippen LogP contribution in [0.25, 0.3) is 0 Å². The fourth-order valence-electron chi connectivity index (χ4n) is 1.07. The molecule has 0 rings (SSSR count). The second-order valence-electron chi connectivity index (χ2n) is 4.03. The molecule has 0 aliphatic heterocycles. The zero-order chi connectivity index (χ0) is 9.07. The van der Waals surface area contributed by atoms with Crippen LogP contribution in [0.3, 0.4) is 0 Å². The average Bonchev–Trinajstić information content (AvgIpc) is 1.87. The summed E-state index contributed by atoms with van der Waals surface area (Å²) in [6.45, 7) is 8.34. The van der Waals surface area contributed by atoms with Crippen LogP contribution in [0, 0.1) is 11.3 Å². The number of hydrogen-bond acceptors (Lipinski definition) is 1. The lowest BCUT2D eigenvalue weighted by Gasteiger charge is -2.24. The minimum Gasteiger partial charge on any atom is -0.369 e. The minimum atomic E-state index is -0.188. The van der Waals surface area contributed by atoms with Crippen LogP contribution < -0.4 is 5.73 Å². The number of nitrogens with two attached hydrogens (primary N) is 1. The number of hydrogen-bond donors (Lipinski definition) is 1. The number of carbonyl (C=O) groups excluding carboxylic acids is 1. The van der Waals surface area contributed by atoms with Gasteiger partial charge in [-0.3, -0.25) is 4.79 Å². The first-order valence-corrected chi connectivity index (χ1v) is 4.18. The van der Waals surface area contributed by atoms with Crippen molar-refractivity contribution in [3.8, 4) is 0 Å². The summed E-state index contributed by atoms with van der Waals surface area (Å²) in [5, 5.41) is 0. The van der Waals surface area contributed by atoms with E-state index in [1.165, 1.54) is 0 Å². The predicted octanol–water partition coefficient (Wildman–Crippen LogP) is 1.93. The van der Waals surface area contributed by atoms with E-state index in [0.717, 1.165) is 12.8 Å². The fraction of sp³-hybridized carbons (Fsp3) is 0.889. The summed E-state index contributed by atoms with van der Waals surface area (Å²) < 4.78 is 0. The fourth-order valence-corrected chi connectivity index (χ4v) is 1.07. The van der Waals surface area contributed by atoms with Gasteiger partial charge in [0.25, 0.3) is 0 Å². The van der Waals surface area contributed by atoms with E-state index in [4.69, 9.17) is 5.73 Å². The van der Waals surface area contributed by atoms with Crippen molar-refractivity contribution >= 4 is 5.91 Å². The molecule has 0 bridgehead atoms. The Balaban J connectivity index is 3.93. The van der Waals surface area contributed by atoms with E-state index in [0.29, 0.717) is 0 Å². The molecule has 2 N–H and O–H groups in total. The molecule has 0 unspecified atom stereocenters. The molecule has 2 nitrogen and oxygen atoms in total. The van der Waals surface area contributed by atoms with Crippen molar-refractivity contribution in [3.63, 3.8) is 0 Å². The molecule has 1 atom stereocenters. The second kappa shape index (κ2) is 3.74. The van der Waals surface area contributed by atoms with Crippen molar-refractivity contribution in [1.29, 1.82) is 0 Å². The lowest BCUT2D eigenvalue weighted by Crippen LogP contribution is -2.25. The molecule has 2 heteroatoms. The third kappa shape index (κ3) is 4.02. The Morgan fingerprint density at radius 3 is 2.27 bits per heavy atom. The molecule has 11 heavy (non-hydrogen) atoms. The third-order valence-electron chi connectivity index (χ3n) is 2.30. The third-order valence-corrected chi connectivity index (χ3v) is 2.30. The van der Waals surface area contributed by atoms with Crippen LogP contribution in [0.4, 0.5) is 0 Å². The van der Waals surface area contributed by atoms with Gasteiger partial charge in [-0.25, -0.2) is 0 Å². The molecular weight excluding hydrogens is 138 g/mol. The minimum absolute atomic E-state index is 0.00458. The Morgan fingerprint density at radius 1 is 1.55 bits per heavy atom. The van der Waals surface area contributed by atoms with Gasteiger partial charge in [0.1, 0.15) is 0 Å².